The van der Waals surface area contributed by atoms with Gasteiger partial charge in [0, 0.05) is 16.3 Å². The van der Waals surface area contributed by atoms with E-state index < -0.39 is 5.97 Å². The first-order valence-corrected chi connectivity index (χ1v) is 9.01. The van der Waals surface area contributed by atoms with Gasteiger partial charge in [0.1, 0.15) is 19.0 Å². The molecule has 3 aromatic rings. The maximum Gasteiger partial charge on any atom is 0.333 e. The molecule has 0 unspecified atom stereocenters. The van der Waals surface area contributed by atoms with E-state index in [9.17, 15) is 4.79 Å². The Morgan fingerprint density at radius 3 is 2.48 bits per heavy atom. The average molecular weight is 364 g/mol. The summed E-state index contributed by atoms with van der Waals surface area (Å²) in [6, 6.07) is 16.8. The molecule has 27 heavy (non-hydrogen) atoms. The maximum absolute atomic E-state index is 11.3. The third kappa shape index (κ3) is 4.66. The minimum absolute atomic E-state index is 0.210. The van der Waals surface area contributed by atoms with Crippen LogP contribution in [0.2, 0.25) is 0 Å². The average Bonchev–Trinajstić information content (AvgIpc) is 2.66. The van der Waals surface area contributed by atoms with Crippen molar-refractivity contribution in [3.05, 3.63) is 66.2 Å². The predicted octanol–water partition coefficient (Wildman–Crippen LogP) is 4.82. The van der Waals surface area contributed by atoms with Crippen molar-refractivity contribution in [3.63, 3.8) is 0 Å². The second-order valence-corrected chi connectivity index (χ2v) is 6.53. The maximum atomic E-state index is 11.3. The lowest BCUT2D eigenvalue weighted by Gasteiger charge is -2.14. The Kier molecular flexibility index (Phi) is 6.09. The number of hydrogen-bond acceptors (Lipinski definition) is 4. The summed E-state index contributed by atoms with van der Waals surface area (Å²) < 4.78 is 16.6. The minimum Gasteiger partial charge on any atom is -0.490 e. The largest absolute Gasteiger partial charge is 0.490 e. The molecule has 0 atom stereocenters. The topological polar surface area (TPSA) is 44.8 Å². The van der Waals surface area contributed by atoms with Crippen LogP contribution in [-0.2, 0) is 14.3 Å². The summed E-state index contributed by atoms with van der Waals surface area (Å²) in [6.07, 6.45) is 0. The zero-order chi connectivity index (χ0) is 19.2. The molecule has 0 saturated heterocycles. The van der Waals surface area contributed by atoms with Crippen LogP contribution in [0.25, 0.3) is 21.5 Å². The number of hydrogen-bond donors (Lipinski definition) is 0. The smallest absolute Gasteiger partial charge is 0.333 e. The third-order valence-electron chi connectivity index (χ3n) is 4.25. The molecule has 0 N–H and O–H groups in total. The number of fused-ring (bicyclic) bond motifs is 2. The molecule has 0 aliphatic carbocycles. The summed E-state index contributed by atoms with van der Waals surface area (Å²) in [5.41, 5.74) is 1.58. The number of ether oxygens (including phenoxy) is 3. The highest BCUT2D eigenvalue weighted by Crippen LogP contribution is 2.35. The molecule has 0 aliphatic heterocycles. The number of aryl methyl sites for hydroxylation is 1. The van der Waals surface area contributed by atoms with E-state index in [4.69, 9.17) is 14.2 Å². The standard InChI is InChI=1S/C23H24O4/c1-16(2)23(24)27-13-11-25-10-12-26-22-20-7-5-4-6-18(20)15-19-9-8-17(3)14-21(19)22/h4-9,14-15H,1,10-13H2,2-3H3. The number of carbonyl (C=O) groups excluding carboxylic acids is 1. The lowest BCUT2D eigenvalue weighted by Crippen LogP contribution is -2.14. The normalized spacial score (nSPS) is 10.9. The Hall–Kier alpha value is -2.85. The molecular formula is C23H24O4. The summed E-state index contributed by atoms with van der Waals surface area (Å²) in [7, 11) is 0. The molecule has 0 radical (unpaired) electrons. The Labute approximate surface area is 159 Å². The third-order valence-corrected chi connectivity index (χ3v) is 4.25. The van der Waals surface area contributed by atoms with Crippen molar-refractivity contribution in [3.8, 4) is 5.75 Å². The van der Waals surface area contributed by atoms with Gasteiger partial charge in [-0.2, -0.15) is 0 Å². The van der Waals surface area contributed by atoms with Gasteiger partial charge in [-0.25, -0.2) is 4.79 Å². The highest BCUT2D eigenvalue weighted by Gasteiger charge is 2.09. The summed E-state index contributed by atoms with van der Waals surface area (Å²) in [5, 5.41) is 4.49. The SMILES string of the molecule is C=C(C)C(=O)OCCOCCOc1c2ccccc2cc2ccc(C)cc12. The van der Waals surface area contributed by atoms with Gasteiger partial charge in [0.2, 0.25) is 0 Å². The molecule has 4 nitrogen and oxygen atoms in total. The van der Waals surface area contributed by atoms with Crippen LogP contribution in [0.4, 0.5) is 0 Å². The first-order chi connectivity index (χ1) is 13.1. The van der Waals surface area contributed by atoms with Crippen molar-refractivity contribution < 1.29 is 19.0 Å². The number of rotatable bonds is 8. The fraction of sp³-hybridized carbons (Fsp3) is 0.261. The lowest BCUT2D eigenvalue weighted by molar-refractivity contribution is -0.140. The molecule has 0 aromatic heterocycles. The zero-order valence-electron chi connectivity index (χ0n) is 15.8. The summed E-state index contributed by atoms with van der Waals surface area (Å²) in [6.45, 7) is 8.61. The molecule has 0 bridgehead atoms. The van der Waals surface area contributed by atoms with E-state index in [0.717, 1.165) is 27.3 Å². The minimum atomic E-state index is -0.396. The van der Waals surface area contributed by atoms with E-state index in [0.29, 0.717) is 25.4 Å². The second kappa shape index (κ2) is 8.69. The van der Waals surface area contributed by atoms with E-state index in [1.54, 1.807) is 6.92 Å². The molecule has 0 heterocycles. The van der Waals surface area contributed by atoms with Gasteiger partial charge in [-0.15, -0.1) is 0 Å². The molecule has 0 amide bonds. The van der Waals surface area contributed by atoms with Gasteiger partial charge >= 0.3 is 5.97 Å². The number of esters is 1. The highest BCUT2D eigenvalue weighted by atomic mass is 16.6. The van der Waals surface area contributed by atoms with Crippen LogP contribution >= 0.6 is 0 Å². The van der Waals surface area contributed by atoms with Crippen molar-refractivity contribution in [1.82, 2.24) is 0 Å². The van der Waals surface area contributed by atoms with Crippen LogP contribution in [0.1, 0.15) is 12.5 Å². The first kappa shape index (κ1) is 18.9. The Morgan fingerprint density at radius 1 is 0.926 bits per heavy atom. The molecule has 0 saturated carbocycles. The molecule has 4 heteroatoms. The van der Waals surface area contributed by atoms with Crippen molar-refractivity contribution >= 4 is 27.5 Å². The molecule has 3 rings (SSSR count). The summed E-state index contributed by atoms with van der Waals surface area (Å²) >= 11 is 0. The molecule has 0 aliphatic rings. The van der Waals surface area contributed by atoms with Crippen LogP contribution < -0.4 is 4.74 Å². The lowest BCUT2D eigenvalue weighted by atomic mass is 10.0. The molecule has 0 spiro atoms. The van der Waals surface area contributed by atoms with Gasteiger partial charge in [-0.05, 0) is 36.8 Å². The van der Waals surface area contributed by atoms with E-state index in [1.807, 2.05) is 12.1 Å². The monoisotopic (exact) mass is 364 g/mol. The van der Waals surface area contributed by atoms with E-state index >= 15 is 0 Å². The van der Waals surface area contributed by atoms with E-state index in [2.05, 4.69) is 49.9 Å². The highest BCUT2D eigenvalue weighted by molar-refractivity contribution is 6.05. The van der Waals surface area contributed by atoms with Crippen molar-refractivity contribution in [2.24, 2.45) is 0 Å². The Balaban J connectivity index is 1.64. The molecular weight excluding hydrogens is 340 g/mol. The Morgan fingerprint density at radius 2 is 1.67 bits per heavy atom. The van der Waals surface area contributed by atoms with Gasteiger partial charge in [0.25, 0.3) is 0 Å². The van der Waals surface area contributed by atoms with Crippen molar-refractivity contribution in [2.45, 2.75) is 13.8 Å². The van der Waals surface area contributed by atoms with Crippen LogP contribution in [0, 0.1) is 6.92 Å². The van der Waals surface area contributed by atoms with Gasteiger partial charge in [-0.3, -0.25) is 0 Å². The molecule has 140 valence electrons. The Bertz CT molecular complexity index is 975. The fourth-order valence-electron chi connectivity index (χ4n) is 2.91. The van der Waals surface area contributed by atoms with Gasteiger partial charge in [0.05, 0.1) is 13.2 Å². The molecule has 3 aromatic carbocycles. The van der Waals surface area contributed by atoms with Crippen LogP contribution in [0.15, 0.2) is 60.7 Å². The van der Waals surface area contributed by atoms with Gasteiger partial charge < -0.3 is 14.2 Å². The van der Waals surface area contributed by atoms with Crippen molar-refractivity contribution in [1.29, 1.82) is 0 Å². The second-order valence-electron chi connectivity index (χ2n) is 6.53. The fourth-order valence-corrected chi connectivity index (χ4v) is 2.91. The summed E-state index contributed by atoms with van der Waals surface area (Å²) in [4.78, 5) is 11.3. The zero-order valence-corrected chi connectivity index (χ0v) is 15.8. The van der Waals surface area contributed by atoms with E-state index in [1.165, 1.54) is 5.56 Å². The van der Waals surface area contributed by atoms with Gasteiger partial charge in [0.15, 0.2) is 0 Å². The number of carbonyl (C=O) groups is 1. The van der Waals surface area contributed by atoms with Crippen molar-refractivity contribution in [2.75, 3.05) is 26.4 Å². The predicted molar refractivity (Wildman–Crippen MR) is 108 cm³/mol. The van der Waals surface area contributed by atoms with E-state index in [-0.39, 0.29) is 6.61 Å². The van der Waals surface area contributed by atoms with Crippen LogP contribution in [-0.4, -0.2) is 32.4 Å². The van der Waals surface area contributed by atoms with Crippen LogP contribution in [0.3, 0.4) is 0 Å². The molecule has 0 fully saturated rings. The first-order valence-electron chi connectivity index (χ1n) is 9.01. The van der Waals surface area contributed by atoms with Gasteiger partial charge in [-0.1, -0.05) is 48.5 Å². The number of benzene rings is 3. The summed E-state index contributed by atoms with van der Waals surface area (Å²) in [5.74, 6) is 0.483. The van der Waals surface area contributed by atoms with Crippen LogP contribution in [0.5, 0.6) is 5.75 Å². The quantitative estimate of drug-likeness (QED) is 0.249.